The highest BCUT2D eigenvalue weighted by Crippen LogP contribution is 2.40. The number of carbonyl (C=O) groups excluding carboxylic acids is 2. The summed E-state index contributed by atoms with van der Waals surface area (Å²) in [5.74, 6) is -0.284. The van der Waals surface area contributed by atoms with Crippen LogP contribution in [0.1, 0.15) is 11.1 Å². The minimum Gasteiger partial charge on any atom is -0.493 e. The van der Waals surface area contributed by atoms with E-state index in [1.165, 1.54) is 36.3 Å². The summed E-state index contributed by atoms with van der Waals surface area (Å²) >= 11 is 9.99. The molecule has 6 nitrogen and oxygen atoms in total. The summed E-state index contributed by atoms with van der Waals surface area (Å²) in [7, 11) is 1.48. The molecule has 1 fully saturated rings. The summed E-state index contributed by atoms with van der Waals surface area (Å²) in [5, 5.41) is 2.78. The molecule has 0 spiro atoms. The lowest BCUT2D eigenvalue weighted by Crippen LogP contribution is -2.27. The number of nitrogens with one attached hydrogen (secondary N) is 1. The third-order valence-electron chi connectivity index (χ3n) is 5.11. The lowest BCUT2D eigenvalue weighted by molar-refractivity contribution is -0.118. The van der Waals surface area contributed by atoms with Gasteiger partial charge >= 0.3 is 0 Å². The van der Waals surface area contributed by atoms with Gasteiger partial charge in [0.05, 0.1) is 22.2 Å². The van der Waals surface area contributed by atoms with Crippen molar-refractivity contribution in [3.63, 3.8) is 0 Å². The highest BCUT2D eigenvalue weighted by molar-refractivity contribution is 9.10. The number of rotatable bonds is 7. The summed E-state index contributed by atoms with van der Waals surface area (Å²) in [4.78, 5) is 27.1. The van der Waals surface area contributed by atoms with E-state index in [0.29, 0.717) is 42.1 Å². The van der Waals surface area contributed by atoms with E-state index in [0.717, 1.165) is 17.3 Å². The molecule has 3 aromatic carbocycles. The van der Waals surface area contributed by atoms with Crippen LogP contribution in [0.4, 0.5) is 15.8 Å². The summed E-state index contributed by atoms with van der Waals surface area (Å²) in [6, 6.07) is 16.5. The van der Waals surface area contributed by atoms with Crippen LogP contribution in [0.2, 0.25) is 0 Å². The third-order valence-corrected chi connectivity index (χ3v) is 7.00. The number of nitrogens with zero attached hydrogens (tertiary/aromatic N) is 1. The number of aryl methyl sites for hydroxylation is 1. The van der Waals surface area contributed by atoms with Crippen LogP contribution in [0.25, 0.3) is 6.08 Å². The molecular weight excluding hydrogens is 567 g/mol. The lowest BCUT2D eigenvalue weighted by Gasteiger charge is -2.14. The first kappa shape index (κ1) is 25.9. The molecule has 0 unspecified atom stereocenters. The van der Waals surface area contributed by atoms with Crippen LogP contribution in [-0.2, 0) is 9.59 Å². The number of hydrogen-bond acceptors (Lipinski definition) is 6. The number of amides is 2. The molecule has 4 rings (SSSR count). The quantitative estimate of drug-likeness (QED) is 0.258. The number of anilines is 2. The van der Waals surface area contributed by atoms with Gasteiger partial charge in [0, 0.05) is 5.69 Å². The Bertz CT molecular complexity index is 1360. The monoisotopic (exact) mass is 586 g/mol. The van der Waals surface area contributed by atoms with E-state index in [9.17, 15) is 14.0 Å². The molecule has 0 aliphatic carbocycles. The zero-order valence-electron chi connectivity index (χ0n) is 19.2. The lowest BCUT2D eigenvalue weighted by atomic mass is 10.1. The Labute approximate surface area is 225 Å². The average molecular weight is 587 g/mol. The number of halogens is 2. The summed E-state index contributed by atoms with van der Waals surface area (Å²) in [5.41, 5.74) is 2.92. The van der Waals surface area contributed by atoms with E-state index < -0.39 is 5.82 Å². The molecule has 1 saturated heterocycles. The normalized spacial score (nSPS) is 14.3. The van der Waals surface area contributed by atoms with E-state index >= 15 is 0 Å². The Morgan fingerprint density at radius 1 is 1.17 bits per heavy atom. The van der Waals surface area contributed by atoms with Gasteiger partial charge in [-0.15, -0.1) is 0 Å². The molecule has 0 radical (unpaired) electrons. The number of thioether (sulfide) groups is 1. The third kappa shape index (κ3) is 5.95. The molecule has 1 heterocycles. The van der Waals surface area contributed by atoms with Gasteiger partial charge in [0.2, 0.25) is 0 Å². The van der Waals surface area contributed by atoms with Crippen molar-refractivity contribution in [1.29, 1.82) is 0 Å². The second kappa shape index (κ2) is 11.2. The second-order valence-electron chi connectivity index (χ2n) is 7.73. The number of hydrogen-bond donors (Lipinski definition) is 1. The highest BCUT2D eigenvalue weighted by atomic mass is 79.9. The van der Waals surface area contributed by atoms with Gasteiger partial charge < -0.3 is 14.8 Å². The fourth-order valence-corrected chi connectivity index (χ4v) is 5.24. The van der Waals surface area contributed by atoms with Crippen molar-refractivity contribution >= 4 is 73.5 Å². The Morgan fingerprint density at radius 2 is 1.86 bits per heavy atom. The van der Waals surface area contributed by atoms with E-state index in [4.69, 9.17) is 21.7 Å². The molecular formula is C26H20BrFN2O4S2. The maximum absolute atomic E-state index is 13.3. The molecule has 2 amide bonds. The SMILES string of the molecule is COc1cc(/C=C2\SC(=S)N(c3ccc(F)cc3)C2=O)cc(Br)c1OCC(=O)Nc1ccc(C)cc1. The zero-order chi connectivity index (χ0) is 25.8. The maximum atomic E-state index is 13.3. The minimum atomic E-state index is -0.397. The molecule has 1 aliphatic heterocycles. The first-order valence-electron chi connectivity index (χ1n) is 10.7. The van der Waals surface area contributed by atoms with Crippen molar-refractivity contribution in [2.45, 2.75) is 6.92 Å². The van der Waals surface area contributed by atoms with Crippen LogP contribution in [0, 0.1) is 12.7 Å². The standard InChI is InChI=1S/C26H20BrFN2O4S2/c1-15-3-7-18(8-4-15)29-23(31)14-34-24-20(27)11-16(12-21(24)33-2)13-22-25(32)30(26(35)36-22)19-9-5-17(28)6-10-19/h3-13H,14H2,1-2H3,(H,29,31)/b22-13-. The van der Waals surface area contributed by atoms with Gasteiger partial charge in [0.15, 0.2) is 22.4 Å². The van der Waals surface area contributed by atoms with Crippen LogP contribution >= 0.6 is 39.9 Å². The summed E-state index contributed by atoms with van der Waals surface area (Å²) < 4.78 is 25.4. The fourth-order valence-electron chi connectivity index (χ4n) is 3.37. The number of benzene rings is 3. The molecule has 0 atom stereocenters. The number of carbonyl (C=O) groups is 2. The van der Waals surface area contributed by atoms with E-state index in [-0.39, 0.29) is 18.4 Å². The van der Waals surface area contributed by atoms with Crippen LogP contribution < -0.4 is 19.7 Å². The predicted molar refractivity (Wildman–Crippen MR) is 148 cm³/mol. The van der Waals surface area contributed by atoms with Gasteiger partial charge in [-0.3, -0.25) is 14.5 Å². The first-order valence-corrected chi connectivity index (χ1v) is 12.7. The first-order chi connectivity index (χ1) is 17.2. The van der Waals surface area contributed by atoms with Crippen LogP contribution in [0.15, 0.2) is 70.0 Å². The van der Waals surface area contributed by atoms with Crippen molar-refractivity contribution < 1.29 is 23.5 Å². The van der Waals surface area contributed by atoms with Crippen molar-refractivity contribution in [1.82, 2.24) is 0 Å². The van der Waals surface area contributed by atoms with Crippen molar-refractivity contribution in [2.24, 2.45) is 0 Å². The van der Waals surface area contributed by atoms with Crippen molar-refractivity contribution in [3.8, 4) is 11.5 Å². The predicted octanol–water partition coefficient (Wildman–Crippen LogP) is 6.33. The molecule has 0 bridgehead atoms. The van der Waals surface area contributed by atoms with Gasteiger partial charge in [-0.25, -0.2) is 4.39 Å². The molecule has 36 heavy (non-hydrogen) atoms. The number of ether oxygens (including phenoxy) is 2. The van der Waals surface area contributed by atoms with Crippen LogP contribution in [0.3, 0.4) is 0 Å². The Hall–Kier alpha value is -3.21. The summed E-state index contributed by atoms with van der Waals surface area (Å²) in [6.45, 7) is 1.74. The summed E-state index contributed by atoms with van der Waals surface area (Å²) in [6.07, 6.45) is 1.68. The zero-order valence-corrected chi connectivity index (χ0v) is 22.4. The minimum absolute atomic E-state index is 0.224. The Kier molecular flexibility index (Phi) is 8.07. The van der Waals surface area contributed by atoms with Crippen molar-refractivity contribution in [2.75, 3.05) is 23.9 Å². The maximum Gasteiger partial charge on any atom is 0.270 e. The van der Waals surface area contributed by atoms with Gasteiger partial charge in [0.1, 0.15) is 5.82 Å². The van der Waals surface area contributed by atoms with E-state index in [2.05, 4.69) is 21.2 Å². The molecule has 184 valence electrons. The van der Waals surface area contributed by atoms with Gasteiger partial charge in [-0.2, -0.15) is 0 Å². The largest absolute Gasteiger partial charge is 0.493 e. The van der Waals surface area contributed by atoms with Crippen molar-refractivity contribution in [3.05, 3.63) is 87.0 Å². The Balaban J connectivity index is 1.49. The smallest absolute Gasteiger partial charge is 0.270 e. The van der Waals surface area contributed by atoms with Crippen LogP contribution in [0.5, 0.6) is 11.5 Å². The Morgan fingerprint density at radius 3 is 2.53 bits per heavy atom. The van der Waals surface area contributed by atoms with Crippen LogP contribution in [-0.4, -0.2) is 29.9 Å². The van der Waals surface area contributed by atoms with E-state index in [1.807, 2.05) is 31.2 Å². The van der Waals surface area contributed by atoms with E-state index in [1.54, 1.807) is 18.2 Å². The molecule has 1 aliphatic rings. The fraction of sp³-hybridized carbons (Fsp3) is 0.115. The molecule has 10 heteroatoms. The topological polar surface area (TPSA) is 67.9 Å². The number of methoxy groups -OCH3 is 1. The molecule has 0 aromatic heterocycles. The molecule has 1 N–H and O–H groups in total. The van der Waals surface area contributed by atoms with Gasteiger partial charge in [-0.1, -0.05) is 41.7 Å². The molecule has 3 aromatic rings. The average Bonchev–Trinajstić information content (AvgIpc) is 3.12. The van der Waals surface area contributed by atoms with Gasteiger partial charge in [-0.05, 0) is 83.0 Å². The number of thiocarbonyl (C=S) groups is 1. The molecule has 0 saturated carbocycles. The highest BCUT2D eigenvalue weighted by Gasteiger charge is 2.33. The van der Waals surface area contributed by atoms with Gasteiger partial charge in [0.25, 0.3) is 11.8 Å². The second-order valence-corrected chi connectivity index (χ2v) is 10.3.